The van der Waals surface area contributed by atoms with E-state index in [-0.39, 0.29) is 29.1 Å². The van der Waals surface area contributed by atoms with Crippen LogP contribution in [-0.4, -0.2) is 45.9 Å². The number of hydrogen-bond acceptors (Lipinski definition) is 6. The average Bonchev–Trinajstić information content (AvgIpc) is 3.13. The zero-order valence-electron chi connectivity index (χ0n) is 14.6. The van der Waals surface area contributed by atoms with Crippen molar-refractivity contribution >= 4 is 29.1 Å². The third kappa shape index (κ3) is 3.73. The van der Waals surface area contributed by atoms with Crippen LogP contribution in [-0.2, 0) is 16.1 Å². The Hall–Kier alpha value is -2.39. The Morgan fingerprint density at radius 1 is 1.38 bits per heavy atom. The number of ketones is 1. The van der Waals surface area contributed by atoms with Gasteiger partial charge < -0.3 is 10.1 Å². The lowest BCUT2D eigenvalue weighted by atomic mass is 9.99. The first-order valence-electron chi connectivity index (χ1n) is 8.26. The molecule has 3 rings (SSSR count). The second-order valence-electron chi connectivity index (χ2n) is 6.03. The van der Waals surface area contributed by atoms with Crippen LogP contribution in [0.4, 0.5) is 5.69 Å². The summed E-state index contributed by atoms with van der Waals surface area (Å²) < 4.78 is 6.50. The predicted octanol–water partition coefficient (Wildman–Crippen LogP) is 1.64. The molecule has 1 aromatic heterocycles. The molecular formula is C17H20N4O4S. The Bertz CT molecular complexity index is 889. The summed E-state index contributed by atoms with van der Waals surface area (Å²) in [6.45, 7) is 2.83. The molecule has 0 bridgehead atoms. The molecule has 2 aromatic rings. The van der Waals surface area contributed by atoms with E-state index < -0.39 is 0 Å². The summed E-state index contributed by atoms with van der Waals surface area (Å²) in [5, 5.41) is 9.66. The van der Waals surface area contributed by atoms with E-state index in [0.29, 0.717) is 30.3 Å². The molecule has 0 spiro atoms. The second-order valence-corrected chi connectivity index (χ2v) is 6.98. The molecule has 0 fully saturated rings. The van der Waals surface area contributed by atoms with Gasteiger partial charge in [-0.1, -0.05) is 11.8 Å². The maximum atomic E-state index is 12.5. The standard InChI is InChI=1S/C17H20N4O4S/c1-10-12-8-11(4-5-13(12)18-15(10)23)14(22)9-26-17-20-19-16(24)21(17)6-3-7-25-2/h4-5,8,10H,3,6-7,9H2,1-2H3,(H,18,23)(H,19,24)/t10-/m0/s1. The topological polar surface area (TPSA) is 106 Å². The van der Waals surface area contributed by atoms with Gasteiger partial charge in [0, 0.05) is 31.5 Å². The number of Topliss-reactive ketones (excluding diaryl/α,β-unsaturated/α-hetero) is 1. The van der Waals surface area contributed by atoms with Crippen molar-refractivity contribution in [3.8, 4) is 0 Å². The Balaban J connectivity index is 1.67. The third-order valence-corrected chi connectivity index (χ3v) is 5.25. The van der Waals surface area contributed by atoms with Gasteiger partial charge in [-0.3, -0.25) is 14.2 Å². The highest BCUT2D eigenvalue weighted by molar-refractivity contribution is 7.99. The molecule has 0 aliphatic carbocycles. The molecule has 8 nitrogen and oxygen atoms in total. The molecule has 0 saturated carbocycles. The van der Waals surface area contributed by atoms with Crippen LogP contribution in [0.15, 0.2) is 28.2 Å². The van der Waals surface area contributed by atoms with E-state index in [1.54, 1.807) is 25.3 Å². The fourth-order valence-electron chi connectivity index (χ4n) is 2.78. The van der Waals surface area contributed by atoms with Crippen LogP contribution in [0.5, 0.6) is 0 Å². The number of H-pyrrole nitrogens is 1. The van der Waals surface area contributed by atoms with Crippen molar-refractivity contribution in [2.24, 2.45) is 0 Å². The molecule has 1 atom stereocenters. The lowest BCUT2D eigenvalue weighted by Crippen LogP contribution is -2.18. The fourth-order valence-corrected chi connectivity index (χ4v) is 3.65. The molecule has 0 saturated heterocycles. The minimum Gasteiger partial charge on any atom is -0.385 e. The van der Waals surface area contributed by atoms with Gasteiger partial charge in [0.05, 0.1) is 11.7 Å². The molecule has 0 radical (unpaired) electrons. The number of thioether (sulfide) groups is 1. The minimum absolute atomic E-state index is 0.0597. The maximum absolute atomic E-state index is 12.5. The van der Waals surface area contributed by atoms with Gasteiger partial charge in [0.1, 0.15) is 0 Å². The zero-order chi connectivity index (χ0) is 18.7. The first-order chi connectivity index (χ1) is 12.5. The minimum atomic E-state index is -0.299. The Morgan fingerprint density at radius 3 is 2.96 bits per heavy atom. The van der Waals surface area contributed by atoms with Crippen LogP contribution in [0, 0.1) is 0 Å². The van der Waals surface area contributed by atoms with Crippen LogP contribution < -0.4 is 11.0 Å². The highest BCUT2D eigenvalue weighted by Crippen LogP contribution is 2.33. The van der Waals surface area contributed by atoms with Gasteiger partial charge >= 0.3 is 5.69 Å². The van der Waals surface area contributed by atoms with Crippen LogP contribution in [0.3, 0.4) is 0 Å². The van der Waals surface area contributed by atoms with Crippen LogP contribution in [0.1, 0.15) is 35.2 Å². The first-order valence-corrected chi connectivity index (χ1v) is 9.24. The predicted molar refractivity (Wildman–Crippen MR) is 97.9 cm³/mol. The smallest absolute Gasteiger partial charge is 0.343 e. The average molecular weight is 376 g/mol. The van der Waals surface area contributed by atoms with Gasteiger partial charge in [0.15, 0.2) is 10.9 Å². The van der Waals surface area contributed by atoms with Crippen molar-refractivity contribution in [2.75, 3.05) is 24.8 Å². The van der Waals surface area contributed by atoms with Gasteiger partial charge in [-0.25, -0.2) is 9.89 Å². The molecule has 9 heteroatoms. The molecule has 26 heavy (non-hydrogen) atoms. The highest BCUT2D eigenvalue weighted by Gasteiger charge is 2.27. The van der Waals surface area contributed by atoms with Crippen LogP contribution >= 0.6 is 11.8 Å². The molecule has 2 N–H and O–H groups in total. The van der Waals surface area contributed by atoms with E-state index >= 15 is 0 Å². The zero-order valence-corrected chi connectivity index (χ0v) is 15.4. The molecule has 1 aliphatic heterocycles. The summed E-state index contributed by atoms with van der Waals surface area (Å²) in [7, 11) is 1.60. The normalized spacial score (nSPS) is 15.8. The van der Waals surface area contributed by atoms with E-state index in [9.17, 15) is 14.4 Å². The molecule has 0 unspecified atom stereocenters. The summed E-state index contributed by atoms with van der Waals surface area (Å²) in [5.74, 6) is -0.246. The van der Waals surface area contributed by atoms with E-state index in [0.717, 1.165) is 11.3 Å². The maximum Gasteiger partial charge on any atom is 0.343 e. The largest absolute Gasteiger partial charge is 0.385 e. The van der Waals surface area contributed by atoms with Gasteiger partial charge in [0.2, 0.25) is 5.91 Å². The third-order valence-electron chi connectivity index (χ3n) is 4.28. The van der Waals surface area contributed by atoms with Crippen LogP contribution in [0.2, 0.25) is 0 Å². The number of amides is 1. The lowest BCUT2D eigenvalue weighted by Gasteiger charge is -2.06. The number of nitrogens with zero attached hydrogens (tertiary/aromatic N) is 2. The first kappa shape index (κ1) is 18.4. The van der Waals surface area contributed by atoms with E-state index in [2.05, 4.69) is 15.5 Å². The van der Waals surface area contributed by atoms with E-state index in [1.165, 1.54) is 16.3 Å². The SMILES string of the molecule is COCCCn1c(SCC(=O)c2ccc3c(c2)[C@H](C)C(=O)N3)n[nH]c1=O. The number of aromatic nitrogens is 3. The van der Waals surface area contributed by atoms with Crippen molar-refractivity contribution in [1.29, 1.82) is 0 Å². The van der Waals surface area contributed by atoms with Crippen molar-refractivity contribution in [3.63, 3.8) is 0 Å². The molecular weight excluding hydrogens is 356 g/mol. The van der Waals surface area contributed by atoms with Gasteiger partial charge in [-0.2, -0.15) is 0 Å². The van der Waals surface area contributed by atoms with Crippen molar-refractivity contribution in [1.82, 2.24) is 14.8 Å². The number of ether oxygens (including phenoxy) is 1. The van der Waals surface area contributed by atoms with Crippen molar-refractivity contribution in [2.45, 2.75) is 31.0 Å². The number of nitrogens with one attached hydrogen (secondary N) is 2. The monoisotopic (exact) mass is 376 g/mol. The van der Waals surface area contributed by atoms with E-state index in [1.807, 2.05) is 6.92 Å². The number of anilines is 1. The summed E-state index contributed by atoms with van der Waals surface area (Å²) >= 11 is 1.21. The molecule has 1 amide bonds. The molecule has 2 heterocycles. The fraction of sp³-hybridized carbons (Fsp3) is 0.412. The Morgan fingerprint density at radius 2 is 2.19 bits per heavy atom. The Kier molecular flexibility index (Phi) is 5.58. The number of fused-ring (bicyclic) bond motifs is 1. The number of rotatable bonds is 8. The number of aromatic amines is 1. The summed E-state index contributed by atoms with van der Waals surface area (Å²) in [4.78, 5) is 36.0. The highest BCUT2D eigenvalue weighted by atomic mass is 32.2. The summed E-state index contributed by atoms with van der Waals surface area (Å²) in [6, 6.07) is 5.22. The molecule has 138 valence electrons. The Labute approximate surface area is 154 Å². The van der Waals surface area contributed by atoms with Gasteiger partial charge in [-0.05, 0) is 37.1 Å². The number of benzene rings is 1. The summed E-state index contributed by atoms with van der Waals surface area (Å²) in [6.07, 6.45) is 0.682. The summed E-state index contributed by atoms with van der Waals surface area (Å²) in [5.41, 5.74) is 1.84. The number of carbonyl (C=O) groups is 2. The second kappa shape index (κ2) is 7.88. The molecule has 1 aliphatic rings. The molecule has 1 aromatic carbocycles. The van der Waals surface area contributed by atoms with E-state index in [4.69, 9.17) is 4.74 Å². The number of methoxy groups -OCH3 is 1. The quantitative estimate of drug-likeness (QED) is 0.412. The number of hydrogen-bond donors (Lipinski definition) is 2. The van der Waals surface area contributed by atoms with Gasteiger partial charge in [0.25, 0.3) is 0 Å². The van der Waals surface area contributed by atoms with Crippen molar-refractivity contribution < 1.29 is 14.3 Å². The number of carbonyl (C=O) groups excluding carboxylic acids is 2. The van der Waals surface area contributed by atoms with Crippen LogP contribution in [0.25, 0.3) is 0 Å². The lowest BCUT2D eigenvalue weighted by molar-refractivity contribution is -0.116. The van der Waals surface area contributed by atoms with Crippen molar-refractivity contribution in [3.05, 3.63) is 39.8 Å². The van der Waals surface area contributed by atoms with Gasteiger partial charge in [-0.15, -0.1) is 5.10 Å².